The second-order valence-corrected chi connectivity index (χ2v) is 7.60. The third kappa shape index (κ3) is 2.88. The van der Waals surface area contributed by atoms with E-state index in [2.05, 4.69) is 15.9 Å². The summed E-state index contributed by atoms with van der Waals surface area (Å²) in [5, 5.41) is 0. The van der Waals surface area contributed by atoms with Crippen molar-refractivity contribution in [3.63, 3.8) is 0 Å². The minimum Gasteiger partial charge on any atom is -0.463 e. The van der Waals surface area contributed by atoms with Gasteiger partial charge in [-0.2, -0.15) is 0 Å². The van der Waals surface area contributed by atoms with Crippen LogP contribution in [0.2, 0.25) is 0 Å². The van der Waals surface area contributed by atoms with Crippen LogP contribution in [-0.4, -0.2) is 24.4 Å². The van der Waals surface area contributed by atoms with Gasteiger partial charge in [0.15, 0.2) is 0 Å². The van der Waals surface area contributed by atoms with Gasteiger partial charge in [-0.15, -0.1) is 0 Å². The van der Waals surface area contributed by atoms with Gasteiger partial charge in [0.05, 0.1) is 24.1 Å². The molecule has 6 heteroatoms. The SMILES string of the molecule is CCOC(=O)C1=C[C@@H]2C(=O)N(c3ccccc3)C(=O)[C@@H]2[C@H]1c1ccccc1Br. The quantitative estimate of drug-likeness (QED) is 0.536. The molecule has 4 rings (SSSR count). The van der Waals surface area contributed by atoms with Crippen LogP contribution >= 0.6 is 15.9 Å². The highest BCUT2D eigenvalue weighted by atomic mass is 79.9. The molecule has 3 atom stereocenters. The zero-order chi connectivity index (χ0) is 19.8. The molecule has 142 valence electrons. The summed E-state index contributed by atoms with van der Waals surface area (Å²) >= 11 is 3.52. The number of carbonyl (C=O) groups excluding carboxylic acids is 3. The molecule has 2 aromatic rings. The lowest BCUT2D eigenvalue weighted by molar-refractivity contribution is -0.138. The van der Waals surface area contributed by atoms with Gasteiger partial charge >= 0.3 is 5.97 Å². The average Bonchev–Trinajstić information content (AvgIpc) is 3.20. The van der Waals surface area contributed by atoms with Crippen LogP contribution in [0.25, 0.3) is 0 Å². The molecule has 0 aromatic heterocycles. The predicted molar refractivity (Wildman–Crippen MR) is 108 cm³/mol. The van der Waals surface area contributed by atoms with Gasteiger partial charge in [0.2, 0.25) is 11.8 Å². The number of fused-ring (bicyclic) bond motifs is 1. The van der Waals surface area contributed by atoms with Crippen molar-refractivity contribution in [2.75, 3.05) is 11.5 Å². The summed E-state index contributed by atoms with van der Waals surface area (Å²) in [6.45, 7) is 1.96. The maximum atomic E-state index is 13.3. The second kappa shape index (κ2) is 7.36. The van der Waals surface area contributed by atoms with Gasteiger partial charge in [-0.05, 0) is 30.7 Å². The Morgan fingerprint density at radius 1 is 1.04 bits per heavy atom. The van der Waals surface area contributed by atoms with Crippen molar-refractivity contribution < 1.29 is 19.1 Å². The molecule has 2 amide bonds. The lowest BCUT2D eigenvalue weighted by atomic mass is 9.82. The van der Waals surface area contributed by atoms with Gasteiger partial charge in [0.1, 0.15) is 0 Å². The second-order valence-electron chi connectivity index (χ2n) is 6.74. The predicted octanol–water partition coefficient (Wildman–Crippen LogP) is 3.84. The maximum Gasteiger partial charge on any atom is 0.334 e. The minimum atomic E-state index is -0.677. The van der Waals surface area contributed by atoms with Crippen molar-refractivity contribution in [1.29, 1.82) is 0 Å². The Morgan fingerprint density at radius 3 is 2.39 bits per heavy atom. The number of halogens is 1. The molecule has 1 aliphatic heterocycles. The highest BCUT2D eigenvalue weighted by Gasteiger charge is 2.56. The molecule has 0 bridgehead atoms. The Labute approximate surface area is 171 Å². The molecule has 2 aliphatic rings. The Hall–Kier alpha value is -2.73. The Kier molecular flexibility index (Phi) is 4.89. The summed E-state index contributed by atoms with van der Waals surface area (Å²) < 4.78 is 5.99. The highest BCUT2D eigenvalue weighted by Crippen LogP contribution is 2.50. The standard InChI is InChI=1S/C22H18BrNO4/c1-2-28-22(27)16-12-15-19(18(16)14-10-6-7-11-17(14)23)21(26)24(20(15)25)13-8-4-3-5-9-13/h3-12,15,18-19H,2H2,1H3/t15-,18-,19-/m0/s1. The minimum absolute atomic E-state index is 0.228. The van der Waals surface area contributed by atoms with E-state index in [1.807, 2.05) is 30.3 Å². The van der Waals surface area contributed by atoms with E-state index < -0.39 is 23.7 Å². The van der Waals surface area contributed by atoms with Crippen LogP contribution in [0.5, 0.6) is 0 Å². The lowest BCUT2D eigenvalue weighted by Gasteiger charge is -2.23. The van der Waals surface area contributed by atoms with E-state index in [-0.39, 0.29) is 18.4 Å². The van der Waals surface area contributed by atoms with Crippen LogP contribution in [0.15, 0.2) is 70.7 Å². The highest BCUT2D eigenvalue weighted by molar-refractivity contribution is 9.10. The summed E-state index contributed by atoms with van der Waals surface area (Å²) in [6.07, 6.45) is 1.62. The van der Waals surface area contributed by atoms with Gasteiger partial charge in [0, 0.05) is 16.0 Å². The number of nitrogens with zero attached hydrogens (tertiary/aromatic N) is 1. The molecule has 0 N–H and O–H groups in total. The summed E-state index contributed by atoms with van der Waals surface area (Å²) in [7, 11) is 0. The van der Waals surface area contributed by atoms with Crippen molar-refractivity contribution >= 4 is 39.4 Å². The van der Waals surface area contributed by atoms with Crippen molar-refractivity contribution in [3.8, 4) is 0 Å². The van der Waals surface area contributed by atoms with E-state index >= 15 is 0 Å². The van der Waals surface area contributed by atoms with E-state index in [9.17, 15) is 14.4 Å². The van der Waals surface area contributed by atoms with Gasteiger partial charge in [0.25, 0.3) is 0 Å². The van der Waals surface area contributed by atoms with E-state index in [4.69, 9.17) is 4.74 Å². The number of esters is 1. The van der Waals surface area contributed by atoms with Crippen LogP contribution in [0.3, 0.4) is 0 Å². The number of ether oxygens (including phenoxy) is 1. The number of rotatable bonds is 4. The van der Waals surface area contributed by atoms with Crippen molar-refractivity contribution in [2.45, 2.75) is 12.8 Å². The van der Waals surface area contributed by atoms with Crippen molar-refractivity contribution in [3.05, 3.63) is 76.3 Å². The van der Waals surface area contributed by atoms with Crippen LogP contribution in [-0.2, 0) is 19.1 Å². The first-order valence-corrected chi connectivity index (χ1v) is 9.90. The Morgan fingerprint density at radius 2 is 1.71 bits per heavy atom. The molecule has 5 nitrogen and oxygen atoms in total. The number of anilines is 1. The number of amides is 2. The van der Waals surface area contributed by atoms with Crippen LogP contribution in [0.1, 0.15) is 18.4 Å². The van der Waals surface area contributed by atoms with Gasteiger partial charge in [-0.3, -0.25) is 9.59 Å². The van der Waals surface area contributed by atoms with Crippen molar-refractivity contribution in [1.82, 2.24) is 0 Å². The topological polar surface area (TPSA) is 63.7 Å². The molecule has 1 heterocycles. The molecule has 0 saturated carbocycles. The fourth-order valence-corrected chi connectivity index (χ4v) is 4.59. The van der Waals surface area contributed by atoms with E-state index in [1.165, 1.54) is 4.90 Å². The fraction of sp³-hybridized carbons (Fsp3) is 0.227. The summed E-state index contributed by atoms with van der Waals surface area (Å²) in [5.41, 5.74) is 1.72. The molecule has 1 aliphatic carbocycles. The Balaban J connectivity index is 1.81. The molecule has 1 fully saturated rings. The number of carbonyl (C=O) groups is 3. The number of benzene rings is 2. The average molecular weight is 440 g/mol. The van der Waals surface area contributed by atoms with Crippen molar-refractivity contribution in [2.24, 2.45) is 11.8 Å². The first-order chi connectivity index (χ1) is 13.5. The Bertz CT molecular complexity index is 985. The van der Waals surface area contributed by atoms with Gasteiger partial charge in [-0.25, -0.2) is 9.69 Å². The van der Waals surface area contributed by atoms with E-state index in [0.29, 0.717) is 11.3 Å². The number of imide groups is 1. The zero-order valence-electron chi connectivity index (χ0n) is 15.2. The van der Waals surface area contributed by atoms with E-state index in [0.717, 1.165) is 10.0 Å². The largest absolute Gasteiger partial charge is 0.463 e. The first kappa shape index (κ1) is 18.6. The summed E-state index contributed by atoms with van der Waals surface area (Å²) in [6, 6.07) is 16.3. The molecule has 1 saturated heterocycles. The van der Waals surface area contributed by atoms with Crippen LogP contribution < -0.4 is 4.90 Å². The number of para-hydroxylation sites is 1. The molecule has 28 heavy (non-hydrogen) atoms. The number of hydrogen-bond donors (Lipinski definition) is 0. The monoisotopic (exact) mass is 439 g/mol. The first-order valence-electron chi connectivity index (χ1n) is 9.10. The smallest absolute Gasteiger partial charge is 0.334 e. The normalized spacial score (nSPS) is 23.6. The molecule has 0 radical (unpaired) electrons. The van der Waals surface area contributed by atoms with E-state index in [1.54, 1.807) is 37.3 Å². The summed E-state index contributed by atoms with van der Waals surface area (Å²) in [4.78, 5) is 40.2. The van der Waals surface area contributed by atoms with Gasteiger partial charge in [-0.1, -0.05) is 58.4 Å². The maximum absolute atomic E-state index is 13.3. The lowest BCUT2D eigenvalue weighted by Crippen LogP contribution is -2.33. The van der Waals surface area contributed by atoms with Gasteiger partial charge < -0.3 is 4.74 Å². The third-order valence-electron chi connectivity index (χ3n) is 5.22. The molecule has 0 unspecified atom stereocenters. The fourth-order valence-electron chi connectivity index (χ4n) is 4.06. The van der Waals surface area contributed by atoms with Crippen LogP contribution in [0.4, 0.5) is 5.69 Å². The van der Waals surface area contributed by atoms with Crippen LogP contribution in [0, 0.1) is 11.8 Å². The zero-order valence-corrected chi connectivity index (χ0v) is 16.8. The number of hydrogen-bond acceptors (Lipinski definition) is 4. The molecular weight excluding hydrogens is 422 g/mol. The molecular formula is C22H18BrNO4. The summed E-state index contributed by atoms with van der Waals surface area (Å²) in [5.74, 6) is -2.96. The third-order valence-corrected chi connectivity index (χ3v) is 5.94. The molecule has 0 spiro atoms. The molecule has 2 aromatic carbocycles.